The van der Waals surface area contributed by atoms with Crippen LogP contribution in [-0.2, 0) is 0 Å². The predicted octanol–water partition coefficient (Wildman–Crippen LogP) is 2.03. The number of nitrogens with one attached hydrogen (secondary N) is 1. The Morgan fingerprint density at radius 3 is 2.55 bits per heavy atom. The van der Waals surface area contributed by atoms with Crippen LogP contribution in [0.3, 0.4) is 0 Å². The SMILES string of the molecule is OCC(NCC(F)(F)F)c1ccc2c(c1)OCCCO2. The number of rotatable bonds is 4. The number of aliphatic hydroxyl groups excluding tert-OH is 1. The zero-order chi connectivity index (χ0) is 14.6. The molecule has 0 aromatic heterocycles. The molecule has 1 heterocycles. The summed E-state index contributed by atoms with van der Waals surface area (Å²) in [6.07, 6.45) is -3.57. The summed E-state index contributed by atoms with van der Waals surface area (Å²) in [5, 5.41) is 11.5. The van der Waals surface area contributed by atoms with E-state index in [0.717, 1.165) is 6.42 Å². The van der Waals surface area contributed by atoms with Gasteiger partial charge in [-0.25, -0.2) is 0 Å². The Bertz CT molecular complexity index is 451. The molecule has 0 saturated carbocycles. The van der Waals surface area contributed by atoms with Gasteiger partial charge in [0.15, 0.2) is 11.5 Å². The molecule has 0 saturated heterocycles. The molecule has 1 atom stereocenters. The zero-order valence-corrected chi connectivity index (χ0v) is 10.7. The molecule has 1 aromatic rings. The molecule has 0 fully saturated rings. The average Bonchev–Trinajstić information content (AvgIpc) is 2.62. The largest absolute Gasteiger partial charge is 0.490 e. The first-order valence-corrected chi connectivity index (χ1v) is 6.30. The summed E-state index contributed by atoms with van der Waals surface area (Å²) in [5.74, 6) is 1.06. The lowest BCUT2D eigenvalue weighted by molar-refractivity contribution is -0.126. The maximum Gasteiger partial charge on any atom is 0.401 e. The van der Waals surface area contributed by atoms with E-state index in [1.807, 2.05) is 0 Å². The number of alkyl halides is 3. The summed E-state index contributed by atoms with van der Waals surface area (Å²) in [5.41, 5.74) is 0.529. The van der Waals surface area contributed by atoms with E-state index in [-0.39, 0.29) is 0 Å². The van der Waals surface area contributed by atoms with Crippen molar-refractivity contribution in [3.8, 4) is 11.5 Å². The van der Waals surface area contributed by atoms with Gasteiger partial charge in [-0.2, -0.15) is 13.2 Å². The van der Waals surface area contributed by atoms with Gasteiger partial charge in [0.2, 0.25) is 0 Å². The molecular weight excluding hydrogens is 275 g/mol. The van der Waals surface area contributed by atoms with Crippen molar-refractivity contribution in [1.82, 2.24) is 5.32 Å². The zero-order valence-electron chi connectivity index (χ0n) is 10.7. The van der Waals surface area contributed by atoms with E-state index in [0.29, 0.717) is 30.3 Å². The van der Waals surface area contributed by atoms with Crippen LogP contribution < -0.4 is 14.8 Å². The Balaban J connectivity index is 2.12. The highest BCUT2D eigenvalue weighted by Crippen LogP contribution is 2.32. The van der Waals surface area contributed by atoms with Crippen LogP contribution in [0.15, 0.2) is 18.2 Å². The molecule has 0 amide bonds. The molecule has 4 nitrogen and oxygen atoms in total. The third-order valence-electron chi connectivity index (χ3n) is 2.91. The van der Waals surface area contributed by atoms with Gasteiger partial charge in [-0.05, 0) is 17.7 Å². The molecule has 0 bridgehead atoms. The van der Waals surface area contributed by atoms with E-state index in [4.69, 9.17) is 9.47 Å². The van der Waals surface area contributed by atoms with Crippen LogP contribution in [0.25, 0.3) is 0 Å². The normalized spacial score (nSPS) is 16.6. The second kappa shape index (κ2) is 6.32. The molecule has 20 heavy (non-hydrogen) atoms. The predicted molar refractivity (Wildman–Crippen MR) is 65.9 cm³/mol. The van der Waals surface area contributed by atoms with Gasteiger partial charge >= 0.3 is 6.18 Å². The van der Waals surface area contributed by atoms with Gasteiger partial charge in [0.1, 0.15) is 0 Å². The van der Waals surface area contributed by atoms with Crippen LogP contribution in [0.1, 0.15) is 18.0 Å². The van der Waals surface area contributed by atoms with Gasteiger partial charge in [0.05, 0.1) is 32.4 Å². The summed E-state index contributed by atoms with van der Waals surface area (Å²) in [6.45, 7) is -0.555. The molecule has 1 unspecified atom stereocenters. The van der Waals surface area contributed by atoms with Gasteiger partial charge < -0.3 is 14.6 Å². The Hall–Kier alpha value is -1.47. The molecule has 2 rings (SSSR count). The van der Waals surface area contributed by atoms with E-state index in [1.54, 1.807) is 18.2 Å². The highest BCUT2D eigenvalue weighted by Gasteiger charge is 2.28. The lowest BCUT2D eigenvalue weighted by Gasteiger charge is -2.19. The molecule has 7 heteroatoms. The van der Waals surface area contributed by atoms with Crippen LogP contribution in [-0.4, -0.2) is 37.6 Å². The van der Waals surface area contributed by atoms with Gasteiger partial charge in [-0.3, -0.25) is 5.32 Å². The molecule has 0 radical (unpaired) electrons. The minimum absolute atomic E-state index is 0.435. The number of hydrogen-bond donors (Lipinski definition) is 2. The molecule has 1 aliphatic heterocycles. The van der Waals surface area contributed by atoms with Crippen molar-refractivity contribution in [2.45, 2.75) is 18.6 Å². The van der Waals surface area contributed by atoms with E-state index in [2.05, 4.69) is 5.32 Å². The fourth-order valence-corrected chi connectivity index (χ4v) is 1.92. The summed E-state index contributed by atoms with van der Waals surface area (Å²) < 4.78 is 47.5. The van der Waals surface area contributed by atoms with Crippen molar-refractivity contribution < 1.29 is 27.8 Å². The Kier molecular flexibility index (Phi) is 4.72. The van der Waals surface area contributed by atoms with Crippen LogP contribution in [0, 0.1) is 0 Å². The second-order valence-corrected chi connectivity index (χ2v) is 4.49. The monoisotopic (exact) mass is 291 g/mol. The van der Waals surface area contributed by atoms with Gasteiger partial charge in [-0.15, -0.1) is 0 Å². The highest BCUT2D eigenvalue weighted by molar-refractivity contribution is 5.44. The molecule has 0 spiro atoms. The number of halogens is 3. The van der Waals surface area contributed by atoms with Gasteiger partial charge in [-0.1, -0.05) is 6.07 Å². The summed E-state index contributed by atoms with van der Waals surface area (Å²) in [6, 6.07) is 4.07. The van der Waals surface area contributed by atoms with Gasteiger partial charge in [0.25, 0.3) is 0 Å². The molecule has 0 aliphatic carbocycles. The van der Waals surface area contributed by atoms with Crippen molar-refractivity contribution in [2.24, 2.45) is 0 Å². The minimum atomic E-state index is -4.32. The van der Waals surface area contributed by atoms with Crippen molar-refractivity contribution in [1.29, 1.82) is 0 Å². The highest BCUT2D eigenvalue weighted by atomic mass is 19.4. The summed E-state index contributed by atoms with van der Waals surface area (Å²) in [7, 11) is 0. The third kappa shape index (κ3) is 4.01. The number of ether oxygens (including phenoxy) is 2. The first kappa shape index (κ1) is 14.9. The molecule has 1 aromatic carbocycles. The van der Waals surface area contributed by atoms with E-state index >= 15 is 0 Å². The quantitative estimate of drug-likeness (QED) is 0.891. The molecule has 2 N–H and O–H groups in total. The number of fused-ring (bicyclic) bond motifs is 1. The molecule has 112 valence electrons. The van der Waals surface area contributed by atoms with Gasteiger partial charge in [0, 0.05) is 6.42 Å². The van der Waals surface area contributed by atoms with Crippen LogP contribution in [0.2, 0.25) is 0 Å². The van der Waals surface area contributed by atoms with Crippen molar-refractivity contribution in [3.05, 3.63) is 23.8 Å². The van der Waals surface area contributed by atoms with Crippen LogP contribution in [0.4, 0.5) is 13.2 Å². The van der Waals surface area contributed by atoms with E-state index in [9.17, 15) is 18.3 Å². The topological polar surface area (TPSA) is 50.7 Å². The molecular formula is C13H16F3NO3. The minimum Gasteiger partial charge on any atom is -0.490 e. The Morgan fingerprint density at radius 2 is 1.90 bits per heavy atom. The van der Waals surface area contributed by atoms with E-state index < -0.39 is 25.4 Å². The number of benzene rings is 1. The maximum atomic E-state index is 12.2. The molecule has 1 aliphatic rings. The first-order chi connectivity index (χ1) is 9.49. The second-order valence-electron chi connectivity index (χ2n) is 4.49. The van der Waals surface area contributed by atoms with Crippen molar-refractivity contribution in [2.75, 3.05) is 26.4 Å². The van der Waals surface area contributed by atoms with Crippen LogP contribution in [0.5, 0.6) is 11.5 Å². The Morgan fingerprint density at radius 1 is 1.20 bits per heavy atom. The first-order valence-electron chi connectivity index (χ1n) is 6.30. The fraction of sp³-hybridized carbons (Fsp3) is 0.538. The average molecular weight is 291 g/mol. The van der Waals surface area contributed by atoms with E-state index in [1.165, 1.54) is 0 Å². The van der Waals surface area contributed by atoms with Crippen molar-refractivity contribution in [3.63, 3.8) is 0 Å². The third-order valence-corrected chi connectivity index (χ3v) is 2.91. The lowest BCUT2D eigenvalue weighted by atomic mass is 10.1. The Labute approximate surface area is 114 Å². The fourth-order valence-electron chi connectivity index (χ4n) is 1.92. The number of aliphatic hydroxyl groups is 1. The van der Waals surface area contributed by atoms with Crippen molar-refractivity contribution >= 4 is 0 Å². The smallest absolute Gasteiger partial charge is 0.401 e. The number of hydrogen-bond acceptors (Lipinski definition) is 4. The summed E-state index contributed by atoms with van der Waals surface area (Å²) >= 11 is 0. The lowest BCUT2D eigenvalue weighted by Crippen LogP contribution is -2.33. The van der Waals surface area contributed by atoms with Crippen LogP contribution >= 0.6 is 0 Å². The summed E-state index contributed by atoms with van der Waals surface area (Å²) in [4.78, 5) is 0. The maximum absolute atomic E-state index is 12.2. The standard InChI is InChI=1S/C13H16F3NO3/c14-13(15,16)8-17-10(7-18)9-2-3-11-12(6-9)20-5-1-4-19-11/h2-3,6,10,17-18H,1,4-5,7-8H2.